The molecule has 0 aliphatic heterocycles. The molecular formula is C16H20N2O3. The van der Waals surface area contributed by atoms with Crippen LogP contribution in [0.1, 0.15) is 11.1 Å². The van der Waals surface area contributed by atoms with Gasteiger partial charge >= 0.3 is 0 Å². The lowest BCUT2D eigenvalue weighted by molar-refractivity contribution is 0.324. The predicted octanol–water partition coefficient (Wildman–Crippen LogP) is 3.03. The number of benzene rings is 1. The highest BCUT2D eigenvalue weighted by atomic mass is 16.5. The van der Waals surface area contributed by atoms with Crippen molar-refractivity contribution in [3.63, 3.8) is 0 Å². The van der Waals surface area contributed by atoms with Crippen LogP contribution >= 0.6 is 0 Å². The molecular weight excluding hydrogens is 268 g/mol. The summed E-state index contributed by atoms with van der Waals surface area (Å²) in [6, 6.07) is 7.78. The molecule has 0 radical (unpaired) electrons. The molecule has 1 N–H and O–H groups in total. The van der Waals surface area contributed by atoms with Crippen LogP contribution in [0, 0.1) is 6.92 Å². The van der Waals surface area contributed by atoms with Gasteiger partial charge in [0, 0.05) is 12.7 Å². The zero-order chi connectivity index (χ0) is 15.2. The molecule has 0 aliphatic carbocycles. The van der Waals surface area contributed by atoms with Crippen molar-refractivity contribution in [2.45, 2.75) is 13.5 Å². The van der Waals surface area contributed by atoms with Gasteiger partial charge in [-0.3, -0.25) is 0 Å². The second-order valence-corrected chi connectivity index (χ2v) is 4.56. The van der Waals surface area contributed by atoms with E-state index in [1.165, 1.54) is 0 Å². The molecule has 0 fully saturated rings. The number of hydrogen-bond acceptors (Lipinski definition) is 5. The molecule has 0 saturated heterocycles. The number of pyridine rings is 1. The summed E-state index contributed by atoms with van der Waals surface area (Å²) < 4.78 is 16.0. The topological polar surface area (TPSA) is 52.6 Å². The molecule has 5 heteroatoms. The number of ether oxygens (including phenoxy) is 3. The number of nitrogens with one attached hydrogen (secondary N) is 1. The fraction of sp³-hybridized carbons (Fsp3) is 0.312. The molecule has 1 aromatic carbocycles. The monoisotopic (exact) mass is 288 g/mol. The Hall–Kier alpha value is -2.43. The Morgan fingerprint density at radius 3 is 2.24 bits per heavy atom. The highest BCUT2D eigenvalue weighted by molar-refractivity contribution is 5.54. The van der Waals surface area contributed by atoms with Crippen molar-refractivity contribution < 1.29 is 14.2 Å². The standard InChI is InChI=1S/C16H20N2O3/c1-11-6-5-7-17-16(11)18-10-12-8-13(19-2)15(21-4)14(9-12)20-3/h5-9H,10H2,1-4H3,(H,17,18). The molecule has 0 amide bonds. The number of anilines is 1. The van der Waals surface area contributed by atoms with Gasteiger partial charge < -0.3 is 19.5 Å². The van der Waals surface area contributed by atoms with E-state index < -0.39 is 0 Å². The average molecular weight is 288 g/mol. The molecule has 5 nitrogen and oxygen atoms in total. The summed E-state index contributed by atoms with van der Waals surface area (Å²) in [5.41, 5.74) is 2.12. The number of methoxy groups -OCH3 is 3. The maximum atomic E-state index is 5.35. The van der Waals surface area contributed by atoms with Crippen molar-refractivity contribution in [1.29, 1.82) is 0 Å². The van der Waals surface area contributed by atoms with E-state index in [0.717, 1.165) is 16.9 Å². The third-order valence-electron chi connectivity index (χ3n) is 3.19. The molecule has 0 aliphatic rings. The Morgan fingerprint density at radius 1 is 1.05 bits per heavy atom. The first-order valence-corrected chi connectivity index (χ1v) is 6.64. The third kappa shape index (κ3) is 3.37. The minimum absolute atomic E-state index is 0.595. The average Bonchev–Trinajstić information content (AvgIpc) is 2.52. The first kappa shape index (κ1) is 15.0. The summed E-state index contributed by atoms with van der Waals surface area (Å²) in [7, 11) is 4.81. The molecule has 112 valence electrons. The van der Waals surface area contributed by atoms with E-state index in [1.54, 1.807) is 27.5 Å². The van der Waals surface area contributed by atoms with E-state index in [-0.39, 0.29) is 0 Å². The van der Waals surface area contributed by atoms with Crippen molar-refractivity contribution >= 4 is 5.82 Å². The van der Waals surface area contributed by atoms with E-state index in [9.17, 15) is 0 Å². The zero-order valence-electron chi connectivity index (χ0n) is 12.8. The second kappa shape index (κ2) is 6.83. The summed E-state index contributed by atoms with van der Waals surface area (Å²) in [5.74, 6) is 2.75. The minimum Gasteiger partial charge on any atom is -0.493 e. The summed E-state index contributed by atoms with van der Waals surface area (Å²) in [5, 5.41) is 3.31. The van der Waals surface area contributed by atoms with E-state index in [2.05, 4.69) is 10.3 Å². The summed E-state index contributed by atoms with van der Waals surface area (Å²) in [6.07, 6.45) is 1.77. The Morgan fingerprint density at radius 2 is 1.71 bits per heavy atom. The highest BCUT2D eigenvalue weighted by Gasteiger charge is 2.13. The van der Waals surface area contributed by atoms with Gasteiger partial charge in [0.1, 0.15) is 5.82 Å². The van der Waals surface area contributed by atoms with E-state index in [1.807, 2.05) is 31.2 Å². The van der Waals surface area contributed by atoms with Crippen molar-refractivity contribution in [1.82, 2.24) is 4.98 Å². The van der Waals surface area contributed by atoms with Crippen LogP contribution in [0.25, 0.3) is 0 Å². The quantitative estimate of drug-likeness (QED) is 0.885. The zero-order valence-corrected chi connectivity index (χ0v) is 12.8. The summed E-state index contributed by atoms with van der Waals surface area (Å²) in [6.45, 7) is 2.64. The van der Waals surface area contributed by atoms with Crippen LogP contribution in [-0.4, -0.2) is 26.3 Å². The number of hydrogen-bond donors (Lipinski definition) is 1. The van der Waals surface area contributed by atoms with Crippen LogP contribution < -0.4 is 19.5 Å². The van der Waals surface area contributed by atoms with Gasteiger partial charge in [0.05, 0.1) is 21.3 Å². The fourth-order valence-electron chi connectivity index (χ4n) is 2.09. The lowest BCUT2D eigenvalue weighted by atomic mass is 10.1. The molecule has 21 heavy (non-hydrogen) atoms. The van der Waals surface area contributed by atoms with Crippen LogP contribution in [0.4, 0.5) is 5.82 Å². The van der Waals surface area contributed by atoms with Gasteiger partial charge in [0.2, 0.25) is 5.75 Å². The van der Waals surface area contributed by atoms with Crippen molar-refractivity contribution in [2.75, 3.05) is 26.6 Å². The largest absolute Gasteiger partial charge is 0.493 e. The molecule has 2 aromatic rings. The predicted molar refractivity (Wildman–Crippen MR) is 82.4 cm³/mol. The van der Waals surface area contributed by atoms with Gasteiger partial charge in [0.15, 0.2) is 11.5 Å². The third-order valence-corrected chi connectivity index (χ3v) is 3.19. The van der Waals surface area contributed by atoms with Gasteiger partial charge in [0.25, 0.3) is 0 Å². The Labute approximate surface area is 124 Å². The molecule has 0 unspecified atom stereocenters. The van der Waals surface area contributed by atoms with Gasteiger partial charge in [-0.1, -0.05) is 6.07 Å². The maximum absolute atomic E-state index is 5.35. The number of nitrogens with zero attached hydrogens (tertiary/aromatic N) is 1. The van der Waals surface area contributed by atoms with Crippen LogP contribution in [0.3, 0.4) is 0 Å². The second-order valence-electron chi connectivity index (χ2n) is 4.56. The lowest BCUT2D eigenvalue weighted by Crippen LogP contribution is -2.04. The first-order chi connectivity index (χ1) is 10.2. The van der Waals surface area contributed by atoms with Gasteiger partial charge in [-0.05, 0) is 36.2 Å². The molecule has 1 heterocycles. The maximum Gasteiger partial charge on any atom is 0.203 e. The van der Waals surface area contributed by atoms with E-state index >= 15 is 0 Å². The van der Waals surface area contributed by atoms with Crippen LogP contribution in [0.5, 0.6) is 17.2 Å². The summed E-state index contributed by atoms with van der Waals surface area (Å²) >= 11 is 0. The van der Waals surface area contributed by atoms with Gasteiger partial charge in [-0.2, -0.15) is 0 Å². The Kier molecular flexibility index (Phi) is 4.87. The van der Waals surface area contributed by atoms with Crippen LogP contribution in [0.2, 0.25) is 0 Å². The molecule has 1 aromatic heterocycles. The SMILES string of the molecule is COc1cc(CNc2ncccc2C)cc(OC)c1OC. The molecule has 2 rings (SSSR count). The van der Waals surface area contributed by atoms with Crippen molar-refractivity contribution in [3.8, 4) is 17.2 Å². The Bertz CT molecular complexity index is 589. The summed E-state index contributed by atoms with van der Waals surface area (Å²) in [4.78, 5) is 4.31. The van der Waals surface area contributed by atoms with E-state index in [0.29, 0.717) is 23.8 Å². The molecule has 0 bridgehead atoms. The number of aromatic nitrogens is 1. The van der Waals surface area contributed by atoms with Gasteiger partial charge in [-0.15, -0.1) is 0 Å². The number of aryl methyl sites for hydroxylation is 1. The van der Waals surface area contributed by atoms with Crippen molar-refractivity contribution in [3.05, 3.63) is 41.6 Å². The van der Waals surface area contributed by atoms with Gasteiger partial charge in [-0.25, -0.2) is 4.98 Å². The molecule has 0 atom stereocenters. The van der Waals surface area contributed by atoms with Crippen LogP contribution in [-0.2, 0) is 6.54 Å². The first-order valence-electron chi connectivity index (χ1n) is 6.64. The van der Waals surface area contributed by atoms with E-state index in [4.69, 9.17) is 14.2 Å². The fourth-order valence-corrected chi connectivity index (χ4v) is 2.09. The molecule has 0 saturated carbocycles. The van der Waals surface area contributed by atoms with Crippen LogP contribution in [0.15, 0.2) is 30.5 Å². The molecule has 0 spiro atoms. The smallest absolute Gasteiger partial charge is 0.203 e. The normalized spacial score (nSPS) is 10.1. The Balaban J connectivity index is 2.22. The number of rotatable bonds is 6. The lowest BCUT2D eigenvalue weighted by Gasteiger charge is -2.15. The highest BCUT2D eigenvalue weighted by Crippen LogP contribution is 2.38. The minimum atomic E-state index is 0.595. The van der Waals surface area contributed by atoms with Crippen molar-refractivity contribution in [2.24, 2.45) is 0 Å².